The third-order valence-electron chi connectivity index (χ3n) is 7.86. The summed E-state index contributed by atoms with van der Waals surface area (Å²) in [5.41, 5.74) is 23.1. The Morgan fingerprint density at radius 1 is 0.474 bits per heavy atom. The van der Waals surface area contributed by atoms with E-state index in [1.165, 1.54) is 22.3 Å². The van der Waals surface area contributed by atoms with Gasteiger partial charge in [-0.15, -0.1) is 0 Å². The van der Waals surface area contributed by atoms with Gasteiger partial charge in [0, 0.05) is 34.3 Å². The molecule has 5 aromatic carbocycles. The predicted molar refractivity (Wildman–Crippen MR) is 153 cm³/mol. The summed E-state index contributed by atoms with van der Waals surface area (Å²) in [4.78, 5) is 0. The highest BCUT2D eigenvalue weighted by Gasteiger charge is 2.44. The Labute approximate surface area is 222 Å². The first kappa shape index (κ1) is 22.5. The van der Waals surface area contributed by atoms with Crippen molar-refractivity contribution in [3.63, 3.8) is 0 Å². The van der Waals surface area contributed by atoms with Gasteiger partial charge in [0.05, 0.1) is 0 Å². The maximum Gasteiger partial charge on any atom is 0.132 e. The zero-order valence-electron chi connectivity index (χ0n) is 21.4. The quantitative estimate of drug-likeness (QED) is 0.242. The summed E-state index contributed by atoms with van der Waals surface area (Å²) < 4.78 is 13.3. The molecule has 0 spiro atoms. The van der Waals surface area contributed by atoms with E-state index >= 15 is 0 Å². The van der Waals surface area contributed by atoms with Crippen molar-refractivity contribution in [1.29, 1.82) is 0 Å². The summed E-state index contributed by atoms with van der Waals surface area (Å²) in [6.07, 6.45) is 0. The Hall–Kier alpha value is -4.70. The standard InChI is InChI=1S/C34H28N2O2/c1-19-17-21(35)11-13-27(19)37-29-15-16-30(38-28-14-12-22(36)18-20(28)2)34-32-25-9-5-3-7-23(25)31(33(29)34)24-8-4-6-10-26(24)32/h3-18,31-32H,35-36H2,1-2H3. The molecule has 0 aromatic heterocycles. The van der Waals surface area contributed by atoms with E-state index in [9.17, 15) is 0 Å². The Bertz CT molecular complexity index is 1570. The minimum absolute atomic E-state index is 0.0440. The third kappa shape index (κ3) is 3.37. The molecule has 5 aromatic rings. The second-order valence-corrected chi connectivity index (χ2v) is 10.3. The van der Waals surface area contributed by atoms with E-state index < -0.39 is 0 Å². The summed E-state index contributed by atoms with van der Waals surface area (Å²) in [6.45, 7) is 4.05. The molecule has 0 saturated heterocycles. The van der Waals surface area contributed by atoms with E-state index in [2.05, 4.69) is 48.5 Å². The molecular weight excluding hydrogens is 468 g/mol. The fraction of sp³-hybridized carbons (Fsp3) is 0.118. The second-order valence-electron chi connectivity index (χ2n) is 10.3. The van der Waals surface area contributed by atoms with Crippen LogP contribution in [0.4, 0.5) is 11.4 Å². The lowest BCUT2D eigenvalue weighted by Gasteiger charge is -2.43. The van der Waals surface area contributed by atoms with E-state index in [1.54, 1.807) is 0 Å². The van der Waals surface area contributed by atoms with Crippen LogP contribution in [0.15, 0.2) is 97.1 Å². The SMILES string of the molecule is Cc1cc(N)ccc1Oc1ccc(Oc2ccc(N)cc2C)c2c1C1c3ccccc3C2c2ccccc21. The van der Waals surface area contributed by atoms with Gasteiger partial charge in [-0.2, -0.15) is 0 Å². The van der Waals surface area contributed by atoms with Crippen molar-refractivity contribution in [1.82, 2.24) is 0 Å². The first-order valence-corrected chi connectivity index (χ1v) is 12.9. The average Bonchev–Trinajstić information content (AvgIpc) is 2.92. The van der Waals surface area contributed by atoms with Crippen LogP contribution in [-0.4, -0.2) is 0 Å². The fourth-order valence-electron chi connectivity index (χ4n) is 6.21. The minimum Gasteiger partial charge on any atom is -0.457 e. The topological polar surface area (TPSA) is 70.5 Å². The highest BCUT2D eigenvalue weighted by Crippen LogP contribution is 2.60. The molecule has 4 N–H and O–H groups in total. The van der Waals surface area contributed by atoms with Gasteiger partial charge in [-0.3, -0.25) is 0 Å². The molecule has 186 valence electrons. The van der Waals surface area contributed by atoms with Crippen molar-refractivity contribution in [2.24, 2.45) is 0 Å². The van der Waals surface area contributed by atoms with Crippen LogP contribution < -0.4 is 20.9 Å². The Morgan fingerprint density at radius 2 is 0.816 bits per heavy atom. The largest absolute Gasteiger partial charge is 0.457 e. The number of benzene rings is 5. The summed E-state index contributed by atoms with van der Waals surface area (Å²) in [5, 5.41) is 0. The number of aryl methyl sites for hydroxylation is 2. The molecular formula is C34H28N2O2. The summed E-state index contributed by atoms with van der Waals surface area (Å²) in [5.74, 6) is 3.37. The van der Waals surface area contributed by atoms with Gasteiger partial charge < -0.3 is 20.9 Å². The highest BCUT2D eigenvalue weighted by atomic mass is 16.5. The van der Waals surface area contributed by atoms with Gasteiger partial charge in [0.15, 0.2) is 0 Å². The molecule has 0 amide bonds. The number of rotatable bonds is 4. The Morgan fingerprint density at radius 3 is 1.16 bits per heavy atom. The second kappa shape index (κ2) is 8.42. The van der Waals surface area contributed by atoms with E-state index in [1.807, 2.05) is 62.4 Å². The van der Waals surface area contributed by atoms with Gasteiger partial charge in [-0.25, -0.2) is 0 Å². The maximum atomic E-state index is 6.66. The van der Waals surface area contributed by atoms with Gasteiger partial charge in [0.1, 0.15) is 23.0 Å². The van der Waals surface area contributed by atoms with Crippen molar-refractivity contribution in [3.8, 4) is 23.0 Å². The Balaban J connectivity index is 1.47. The predicted octanol–water partition coefficient (Wildman–Crippen LogP) is 8.04. The summed E-state index contributed by atoms with van der Waals surface area (Å²) >= 11 is 0. The van der Waals surface area contributed by atoms with Crippen LogP contribution in [0.2, 0.25) is 0 Å². The number of nitrogen functional groups attached to an aromatic ring is 2. The summed E-state index contributed by atoms with van der Waals surface area (Å²) in [6, 6.07) is 33.2. The van der Waals surface area contributed by atoms with Crippen LogP contribution in [0.3, 0.4) is 0 Å². The first-order valence-electron chi connectivity index (χ1n) is 12.9. The van der Waals surface area contributed by atoms with Gasteiger partial charge in [0.2, 0.25) is 0 Å². The zero-order chi connectivity index (χ0) is 26.0. The molecule has 0 aliphatic heterocycles. The number of anilines is 2. The van der Waals surface area contributed by atoms with Crippen molar-refractivity contribution >= 4 is 11.4 Å². The van der Waals surface area contributed by atoms with Gasteiger partial charge in [0.25, 0.3) is 0 Å². The van der Waals surface area contributed by atoms with Crippen molar-refractivity contribution in [3.05, 3.63) is 142 Å². The number of ether oxygens (including phenoxy) is 2. The lowest BCUT2D eigenvalue weighted by Crippen LogP contribution is -2.28. The molecule has 8 rings (SSSR count). The van der Waals surface area contributed by atoms with E-state index in [-0.39, 0.29) is 11.8 Å². The van der Waals surface area contributed by atoms with Crippen molar-refractivity contribution in [2.75, 3.05) is 11.5 Å². The lowest BCUT2D eigenvalue weighted by molar-refractivity contribution is 0.448. The number of nitrogens with two attached hydrogens (primary N) is 2. The van der Waals surface area contributed by atoms with E-state index in [0.29, 0.717) is 0 Å². The molecule has 0 radical (unpaired) electrons. The lowest BCUT2D eigenvalue weighted by atomic mass is 9.60. The molecule has 0 unspecified atom stereocenters. The van der Waals surface area contributed by atoms with Crippen molar-refractivity contribution in [2.45, 2.75) is 25.7 Å². The maximum absolute atomic E-state index is 6.66. The van der Waals surface area contributed by atoms with Crippen LogP contribution >= 0.6 is 0 Å². The van der Waals surface area contributed by atoms with Crippen LogP contribution in [-0.2, 0) is 0 Å². The smallest absolute Gasteiger partial charge is 0.132 e. The summed E-state index contributed by atoms with van der Waals surface area (Å²) in [7, 11) is 0. The molecule has 0 fully saturated rings. The molecule has 2 bridgehead atoms. The molecule has 0 saturated carbocycles. The highest BCUT2D eigenvalue weighted by molar-refractivity contribution is 5.74. The minimum atomic E-state index is 0.0440. The monoisotopic (exact) mass is 496 g/mol. The number of hydrogen-bond donors (Lipinski definition) is 2. The average molecular weight is 497 g/mol. The van der Waals surface area contributed by atoms with Gasteiger partial charge >= 0.3 is 0 Å². The molecule has 0 heterocycles. The zero-order valence-corrected chi connectivity index (χ0v) is 21.4. The third-order valence-corrected chi connectivity index (χ3v) is 7.86. The van der Waals surface area contributed by atoms with E-state index in [4.69, 9.17) is 20.9 Å². The molecule has 4 nitrogen and oxygen atoms in total. The van der Waals surface area contributed by atoms with Gasteiger partial charge in [-0.05, 0) is 95.8 Å². The molecule has 38 heavy (non-hydrogen) atoms. The van der Waals surface area contributed by atoms with Crippen molar-refractivity contribution < 1.29 is 9.47 Å². The van der Waals surface area contributed by atoms with E-state index in [0.717, 1.165) is 56.6 Å². The molecule has 3 aliphatic rings. The van der Waals surface area contributed by atoms with Crippen LogP contribution in [0, 0.1) is 13.8 Å². The van der Waals surface area contributed by atoms with Crippen LogP contribution in [0.1, 0.15) is 56.3 Å². The first-order chi connectivity index (χ1) is 18.5. The molecule has 3 aliphatic carbocycles. The van der Waals surface area contributed by atoms with Crippen LogP contribution in [0.5, 0.6) is 23.0 Å². The molecule has 0 atom stereocenters. The van der Waals surface area contributed by atoms with Crippen LogP contribution in [0.25, 0.3) is 0 Å². The number of hydrogen-bond acceptors (Lipinski definition) is 4. The Kier molecular flexibility index (Phi) is 4.98. The fourth-order valence-corrected chi connectivity index (χ4v) is 6.21. The normalized spacial score (nSPS) is 16.4. The molecule has 4 heteroatoms. The van der Waals surface area contributed by atoms with Gasteiger partial charge in [-0.1, -0.05) is 48.5 Å².